The van der Waals surface area contributed by atoms with Crippen molar-refractivity contribution in [1.82, 2.24) is 4.98 Å². The van der Waals surface area contributed by atoms with E-state index >= 15 is 0 Å². The van der Waals surface area contributed by atoms with Crippen molar-refractivity contribution >= 4 is 11.3 Å². The molecule has 11 heavy (non-hydrogen) atoms. The molecule has 1 N–H and O–H groups in total. The minimum atomic E-state index is -0.466. The van der Waals surface area contributed by atoms with Crippen LogP contribution in [-0.2, 0) is 0 Å². The van der Waals surface area contributed by atoms with E-state index in [0.29, 0.717) is 6.42 Å². The highest BCUT2D eigenvalue weighted by Gasteiger charge is 2.08. The quantitative estimate of drug-likeness (QED) is 0.702. The van der Waals surface area contributed by atoms with Crippen LogP contribution in [0.15, 0.2) is 18.0 Å². The fourth-order valence-electron chi connectivity index (χ4n) is 0.784. The predicted octanol–water partition coefficient (Wildman–Crippen LogP) is 2.06. The Morgan fingerprint density at radius 2 is 2.64 bits per heavy atom. The van der Waals surface area contributed by atoms with Crippen molar-refractivity contribution < 1.29 is 5.11 Å². The number of nitrogens with zero attached hydrogens (tertiary/aromatic N) is 1. The van der Waals surface area contributed by atoms with Crippen molar-refractivity contribution in [3.8, 4) is 0 Å². The third-order valence-corrected chi connectivity index (χ3v) is 2.38. The molecule has 0 saturated carbocycles. The third kappa shape index (κ3) is 2.13. The zero-order chi connectivity index (χ0) is 8.27. The number of hydrogen-bond acceptors (Lipinski definition) is 3. The largest absolute Gasteiger partial charge is 0.386 e. The zero-order valence-electron chi connectivity index (χ0n) is 6.45. The summed E-state index contributed by atoms with van der Waals surface area (Å²) in [5.41, 5.74) is 0.966. The summed E-state index contributed by atoms with van der Waals surface area (Å²) in [5.74, 6) is 0. The first-order valence-electron chi connectivity index (χ1n) is 3.45. The normalized spacial score (nSPS) is 12.9. The Bertz CT molecular complexity index is 244. The lowest BCUT2D eigenvalue weighted by atomic mass is 10.3. The van der Waals surface area contributed by atoms with Gasteiger partial charge in [0.2, 0.25) is 0 Å². The number of aryl methyl sites for hydroxylation is 1. The van der Waals surface area contributed by atoms with Crippen LogP contribution in [-0.4, -0.2) is 10.1 Å². The molecule has 0 radical (unpaired) electrons. The van der Waals surface area contributed by atoms with Crippen molar-refractivity contribution in [2.45, 2.75) is 19.4 Å². The average Bonchev–Trinajstić information content (AvgIpc) is 2.36. The van der Waals surface area contributed by atoms with Crippen LogP contribution < -0.4 is 0 Å². The first-order valence-corrected chi connectivity index (χ1v) is 4.33. The van der Waals surface area contributed by atoms with E-state index in [1.165, 1.54) is 11.3 Å². The van der Waals surface area contributed by atoms with Gasteiger partial charge in [-0.25, -0.2) is 4.98 Å². The van der Waals surface area contributed by atoms with Gasteiger partial charge >= 0.3 is 0 Å². The van der Waals surface area contributed by atoms with Gasteiger partial charge in [0, 0.05) is 11.1 Å². The molecule has 1 aromatic rings. The Balaban J connectivity index is 2.67. The average molecular weight is 169 g/mol. The summed E-state index contributed by atoms with van der Waals surface area (Å²) in [4.78, 5) is 4.15. The maximum Gasteiger partial charge on any atom is 0.122 e. The molecule has 0 saturated heterocycles. The summed E-state index contributed by atoms with van der Waals surface area (Å²) in [6, 6.07) is 0. The van der Waals surface area contributed by atoms with Gasteiger partial charge in [-0.15, -0.1) is 17.9 Å². The molecule has 0 amide bonds. The number of aliphatic hydroxyl groups excluding tert-OH is 1. The first kappa shape index (κ1) is 8.43. The minimum Gasteiger partial charge on any atom is -0.386 e. The lowest BCUT2D eigenvalue weighted by molar-refractivity contribution is 0.181. The summed E-state index contributed by atoms with van der Waals surface area (Å²) in [5, 5.41) is 12.1. The molecule has 0 aromatic carbocycles. The summed E-state index contributed by atoms with van der Waals surface area (Å²) in [7, 11) is 0. The number of hydrogen-bond donors (Lipinski definition) is 1. The highest BCUT2D eigenvalue weighted by atomic mass is 32.1. The van der Waals surface area contributed by atoms with Crippen molar-refractivity contribution in [1.29, 1.82) is 0 Å². The van der Waals surface area contributed by atoms with Crippen molar-refractivity contribution in [3.05, 3.63) is 28.7 Å². The van der Waals surface area contributed by atoms with Gasteiger partial charge in [0.1, 0.15) is 11.1 Å². The van der Waals surface area contributed by atoms with Gasteiger partial charge in [0.25, 0.3) is 0 Å². The first-order chi connectivity index (χ1) is 5.24. The van der Waals surface area contributed by atoms with E-state index in [-0.39, 0.29) is 0 Å². The SMILES string of the molecule is C=CC[C@H](O)c1nc(C)cs1. The van der Waals surface area contributed by atoms with Gasteiger partial charge in [-0.2, -0.15) is 0 Å². The molecule has 0 aliphatic rings. The van der Waals surface area contributed by atoms with Gasteiger partial charge in [-0.05, 0) is 13.3 Å². The Hall–Kier alpha value is -0.670. The molecule has 60 valence electrons. The molecule has 1 aromatic heterocycles. The third-order valence-electron chi connectivity index (χ3n) is 1.31. The molecular formula is C8H11NOS. The van der Waals surface area contributed by atoms with Gasteiger partial charge in [0.15, 0.2) is 0 Å². The second kappa shape index (κ2) is 3.64. The van der Waals surface area contributed by atoms with Crippen LogP contribution in [0, 0.1) is 6.92 Å². The standard InChI is InChI=1S/C8H11NOS/c1-3-4-7(10)8-9-6(2)5-11-8/h3,5,7,10H,1,4H2,2H3/t7-/m0/s1. The van der Waals surface area contributed by atoms with E-state index in [9.17, 15) is 5.11 Å². The molecule has 1 heterocycles. The lowest BCUT2D eigenvalue weighted by Crippen LogP contribution is -1.94. The second-order valence-corrected chi connectivity index (χ2v) is 3.26. The van der Waals surface area contributed by atoms with Crippen molar-refractivity contribution in [2.24, 2.45) is 0 Å². The van der Waals surface area contributed by atoms with Crippen LogP contribution in [0.4, 0.5) is 0 Å². The highest BCUT2D eigenvalue weighted by molar-refractivity contribution is 7.09. The number of aromatic nitrogens is 1. The van der Waals surface area contributed by atoms with E-state index in [4.69, 9.17) is 0 Å². The molecule has 0 spiro atoms. The molecule has 0 bridgehead atoms. The maximum atomic E-state index is 9.41. The van der Waals surface area contributed by atoms with Gasteiger partial charge in [-0.3, -0.25) is 0 Å². The number of aliphatic hydroxyl groups is 1. The molecular weight excluding hydrogens is 158 g/mol. The fraction of sp³-hybridized carbons (Fsp3) is 0.375. The van der Waals surface area contributed by atoms with E-state index in [1.54, 1.807) is 6.08 Å². The smallest absolute Gasteiger partial charge is 0.122 e. The van der Waals surface area contributed by atoms with Gasteiger partial charge in [0.05, 0.1) is 0 Å². The van der Waals surface area contributed by atoms with Crippen LogP contribution in [0.2, 0.25) is 0 Å². The van der Waals surface area contributed by atoms with E-state index in [1.807, 2.05) is 12.3 Å². The second-order valence-electron chi connectivity index (χ2n) is 2.37. The Labute approximate surface area is 70.2 Å². The number of rotatable bonds is 3. The molecule has 1 atom stereocenters. The van der Waals surface area contributed by atoms with Crippen molar-refractivity contribution in [3.63, 3.8) is 0 Å². The van der Waals surface area contributed by atoms with E-state index in [0.717, 1.165) is 10.7 Å². The Kier molecular flexibility index (Phi) is 2.79. The van der Waals surface area contributed by atoms with E-state index < -0.39 is 6.10 Å². The molecule has 0 unspecified atom stereocenters. The summed E-state index contributed by atoms with van der Waals surface area (Å²) >= 11 is 1.49. The Morgan fingerprint density at radius 3 is 3.09 bits per heavy atom. The lowest BCUT2D eigenvalue weighted by Gasteiger charge is -2.01. The summed E-state index contributed by atoms with van der Waals surface area (Å²) in [6.45, 7) is 5.47. The molecule has 2 nitrogen and oxygen atoms in total. The monoisotopic (exact) mass is 169 g/mol. The molecule has 0 aliphatic carbocycles. The van der Waals surface area contributed by atoms with Crippen LogP contribution in [0.3, 0.4) is 0 Å². The maximum absolute atomic E-state index is 9.41. The summed E-state index contributed by atoms with van der Waals surface area (Å²) in [6.07, 6.45) is 1.81. The zero-order valence-corrected chi connectivity index (χ0v) is 7.27. The van der Waals surface area contributed by atoms with Gasteiger partial charge in [-0.1, -0.05) is 6.08 Å². The Morgan fingerprint density at radius 1 is 1.91 bits per heavy atom. The van der Waals surface area contributed by atoms with Crippen LogP contribution in [0.5, 0.6) is 0 Å². The van der Waals surface area contributed by atoms with Crippen LogP contribution in [0.25, 0.3) is 0 Å². The molecule has 0 aliphatic heterocycles. The van der Waals surface area contributed by atoms with Crippen LogP contribution in [0.1, 0.15) is 23.2 Å². The van der Waals surface area contributed by atoms with Crippen LogP contribution >= 0.6 is 11.3 Å². The fourth-order valence-corrected chi connectivity index (χ4v) is 1.58. The molecule has 1 rings (SSSR count). The topological polar surface area (TPSA) is 33.1 Å². The summed E-state index contributed by atoms with van der Waals surface area (Å²) < 4.78 is 0. The van der Waals surface area contributed by atoms with Gasteiger partial charge < -0.3 is 5.11 Å². The molecule has 0 fully saturated rings. The highest BCUT2D eigenvalue weighted by Crippen LogP contribution is 2.20. The minimum absolute atomic E-state index is 0.466. The number of thiazole rings is 1. The predicted molar refractivity (Wildman–Crippen MR) is 46.6 cm³/mol. The van der Waals surface area contributed by atoms with Crippen molar-refractivity contribution in [2.75, 3.05) is 0 Å². The molecule has 3 heteroatoms. The van der Waals surface area contributed by atoms with E-state index in [2.05, 4.69) is 11.6 Å².